The second-order valence-electron chi connectivity index (χ2n) is 16.7. The van der Waals surface area contributed by atoms with Crippen LogP contribution in [0.3, 0.4) is 0 Å². The van der Waals surface area contributed by atoms with Gasteiger partial charge in [-0.25, -0.2) is 4.79 Å². The first-order valence-corrected chi connectivity index (χ1v) is 19.9. The summed E-state index contributed by atoms with van der Waals surface area (Å²) < 4.78 is 13.6. The van der Waals surface area contributed by atoms with Crippen molar-refractivity contribution in [3.05, 3.63) is 95.1 Å². The lowest BCUT2D eigenvalue weighted by molar-refractivity contribution is -0.276. The summed E-state index contributed by atoms with van der Waals surface area (Å²) in [6.45, 7) is 5.93. The number of nitrogens with one attached hydrogen (secondary N) is 2. The highest BCUT2D eigenvalue weighted by molar-refractivity contribution is 5.76. The van der Waals surface area contributed by atoms with Gasteiger partial charge >= 0.3 is 6.03 Å². The second kappa shape index (κ2) is 15.4. The Morgan fingerprint density at radius 1 is 0.804 bits per heavy atom. The molecule has 9 rings (SSSR count). The van der Waals surface area contributed by atoms with Crippen molar-refractivity contribution in [3.63, 3.8) is 0 Å². The zero-order valence-electron chi connectivity index (χ0n) is 30.4. The standard InChI is InChI=1S/C44H57N3O4/c1-30-40(28-47-19-7-3-2-4-8-20-47)50-42(51-41(30)36-13-11-31(29-48)12-14-36)37-17-15-35(16-18-37)39-10-6-5-9-38(39)27-45-43(49)46-44-24-32-21-33(25-44)23-34(22-32)26-44/h5-6,9-18,30,32-34,40-42,48H,2-4,7-8,19-29H2,1H3,(H2,45,46,49). The Balaban J connectivity index is 0.961. The molecule has 51 heavy (non-hydrogen) atoms. The molecule has 4 unspecified atom stereocenters. The lowest BCUT2D eigenvalue weighted by Crippen LogP contribution is -2.61. The molecular weight excluding hydrogens is 635 g/mol. The van der Waals surface area contributed by atoms with Crippen LogP contribution in [0.1, 0.15) is 112 Å². The fraction of sp³-hybridized carbons (Fsp3) is 0.568. The number of hydrogen-bond donors (Lipinski definition) is 3. The molecule has 0 aromatic heterocycles. The zero-order chi connectivity index (χ0) is 34.8. The third kappa shape index (κ3) is 7.92. The molecule has 4 saturated carbocycles. The fourth-order valence-electron chi connectivity index (χ4n) is 10.6. The lowest BCUT2D eigenvalue weighted by atomic mass is 9.53. The number of aliphatic hydroxyl groups is 1. The van der Waals surface area contributed by atoms with E-state index in [0.29, 0.717) is 6.54 Å². The molecule has 0 spiro atoms. The predicted molar refractivity (Wildman–Crippen MR) is 201 cm³/mol. The van der Waals surface area contributed by atoms with Crippen LogP contribution in [0, 0.1) is 23.7 Å². The molecule has 2 saturated heterocycles. The number of aliphatic hydroxyl groups excluding tert-OH is 1. The van der Waals surface area contributed by atoms with Crippen molar-refractivity contribution in [1.29, 1.82) is 0 Å². The highest BCUT2D eigenvalue weighted by atomic mass is 16.7. The molecule has 3 aromatic carbocycles. The van der Waals surface area contributed by atoms with Gasteiger partial charge in [0.2, 0.25) is 0 Å². The van der Waals surface area contributed by atoms with Crippen LogP contribution in [-0.2, 0) is 22.6 Å². The van der Waals surface area contributed by atoms with Crippen molar-refractivity contribution in [2.75, 3.05) is 19.6 Å². The van der Waals surface area contributed by atoms with Crippen LogP contribution in [0.5, 0.6) is 0 Å². The van der Waals surface area contributed by atoms with Gasteiger partial charge in [0.05, 0.1) is 18.8 Å². The summed E-state index contributed by atoms with van der Waals surface area (Å²) in [7, 11) is 0. The van der Waals surface area contributed by atoms with Gasteiger partial charge in [-0.15, -0.1) is 0 Å². The van der Waals surface area contributed by atoms with Crippen LogP contribution in [0.15, 0.2) is 72.8 Å². The number of carbonyl (C=O) groups excluding carboxylic acids is 1. The first-order valence-electron chi connectivity index (χ1n) is 19.9. The monoisotopic (exact) mass is 691 g/mol. The van der Waals surface area contributed by atoms with Gasteiger partial charge in [0, 0.05) is 30.1 Å². The topological polar surface area (TPSA) is 83.1 Å². The van der Waals surface area contributed by atoms with E-state index >= 15 is 0 Å². The summed E-state index contributed by atoms with van der Waals surface area (Å²) >= 11 is 0. The van der Waals surface area contributed by atoms with Crippen molar-refractivity contribution in [1.82, 2.24) is 15.5 Å². The highest BCUT2D eigenvalue weighted by Gasteiger charge is 2.51. The van der Waals surface area contributed by atoms with Gasteiger partial charge in [-0.3, -0.25) is 0 Å². The van der Waals surface area contributed by atoms with Crippen LogP contribution in [-0.4, -0.2) is 47.3 Å². The summed E-state index contributed by atoms with van der Waals surface area (Å²) in [5.41, 5.74) is 6.36. The Labute approximate surface area is 304 Å². The average Bonchev–Trinajstić information content (AvgIpc) is 3.12. The first-order chi connectivity index (χ1) is 24.9. The molecule has 7 heteroatoms. The number of nitrogens with zero attached hydrogens (tertiary/aromatic N) is 1. The third-order valence-electron chi connectivity index (χ3n) is 12.9. The molecule has 2 amide bonds. The molecule has 4 aliphatic carbocycles. The smallest absolute Gasteiger partial charge is 0.315 e. The number of benzene rings is 3. The van der Waals surface area contributed by atoms with Crippen molar-refractivity contribution in [2.45, 2.75) is 115 Å². The van der Waals surface area contributed by atoms with Crippen molar-refractivity contribution in [2.24, 2.45) is 23.7 Å². The molecule has 4 atom stereocenters. The molecule has 6 fully saturated rings. The maximum atomic E-state index is 13.3. The Morgan fingerprint density at radius 2 is 1.43 bits per heavy atom. The number of likely N-dealkylation sites (tertiary alicyclic amines) is 1. The van der Waals surface area contributed by atoms with Gasteiger partial charge < -0.3 is 30.1 Å². The maximum Gasteiger partial charge on any atom is 0.315 e. The minimum absolute atomic E-state index is 0.00256. The van der Waals surface area contributed by atoms with Crippen LogP contribution in [0.2, 0.25) is 0 Å². The predicted octanol–water partition coefficient (Wildman–Crippen LogP) is 8.67. The van der Waals surface area contributed by atoms with Gasteiger partial charge in [0.25, 0.3) is 0 Å². The largest absolute Gasteiger partial charge is 0.392 e. The lowest BCUT2D eigenvalue weighted by Gasteiger charge is -2.56. The van der Waals surface area contributed by atoms with E-state index < -0.39 is 6.29 Å². The van der Waals surface area contributed by atoms with Crippen LogP contribution in [0.4, 0.5) is 4.79 Å². The average molecular weight is 692 g/mol. The van der Waals surface area contributed by atoms with Crippen LogP contribution >= 0.6 is 0 Å². The molecule has 3 aromatic rings. The molecule has 7 nitrogen and oxygen atoms in total. The SMILES string of the molecule is CC1C(CN2CCCCCCC2)OC(c2ccc(-c3ccccc3CNC(=O)NC34CC5CC(CC(C5)C3)C4)cc2)OC1c1ccc(CO)cc1. The zero-order valence-corrected chi connectivity index (χ0v) is 30.4. The van der Waals surface area contributed by atoms with Crippen LogP contribution in [0.25, 0.3) is 11.1 Å². The van der Waals surface area contributed by atoms with E-state index in [2.05, 4.69) is 83.1 Å². The molecule has 2 aliphatic heterocycles. The van der Waals surface area contributed by atoms with E-state index in [1.54, 1.807) is 0 Å². The van der Waals surface area contributed by atoms with Crippen LogP contribution < -0.4 is 10.6 Å². The van der Waals surface area contributed by atoms with E-state index in [-0.39, 0.29) is 36.3 Å². The van der Waals surface area contributed by atoms with Gasteiger partial charge in [-0.1, -0.05) is 99.0 Å². The van der Waals surface area contributed by atoms with E-state index in [9.17, 15) is 9.90 Å². The summed E-state index contributed by atoms with van der Waals surface area (Å²) in [4.78, 5) is 15.9. The highest BCUT2D eigenvalue weighted by Crippen LogP contribution is 2.55. The van der Waals surface area contributed by atoms with Gasteiger partial charge in [0.15, 0.2) is 6.29 Å². The minimum atomic E-state index is -0.484. The Kier molecular flexibility index (Phi) is 10.5. The number of amides is 2. The third-order valence-corrected chi connectivity index (χ3v) is 12.9. The number of hydrogen-bond acceptors (Lipinski definition) is 5. The first kappa shape index (κ1) is 34.8. The number of carbonyl (C=O) groups is 1. The normalized spacial score (nSPS) is 32.2. The summed E-state index contributed by atoms with van der Waals surface area (Å²) in [5, 5.41) is 16.3. The van der Waals surface area contributed by atoms with E-state index in [1.165, 1.54) is 51.4 Å². The van der Waals surface area contributed by atoms with Crippen molar-refractivity contribution < 1.29 is 19.4 Å². The molecule has 3 N–H and O–H groups in total. The van der Waals surface area contributed by atoms with E-state index in [4.69, 9.17) is 9.47 Å². The molecule has 6 aliphatic rings. The molecule has 0 radical (unpaired) electrons. The Bertz CT molecular complexity index is 1580. The molecule has 4 bridgehead atoms. The van der Waals surface area contributed by atoms with Crippen molar-refractivity contribution in [3.8, 4) is 11.1 Å². The Hall–Kier alpha value is -3.23. The molecule has 272 valence electrons. The maximum absolute atomic E-state index is 13.3. The minimum Gasteiger partial charge on any atom is -0.392 e. The van der Waals surface area contributed by atoms with Crippen molar-refractivity contribution >= 4 is 6.03 Å². The number of urea groups is 1. The second-order valence-corrected chi connectivity index (χ2v) is 16.7. The number of rotatable bonds is 9. The van der Waals surface area contributed by atoms with Gasteiger partial charge in [-0.05, 0) is 110 Å². The summed E-state index contributed by atoms with van der Waals surface area (Å²) in [5.74, 6) is 2.57. The van der Waals surface area contributed by atoms with Gasteiger partial charge in [-0.2, -0.15) is 0 Å². The molecular formula is C44H57N3O4. The quantitative estimate of drug-likeness (QED) is 0.209. The summed E-state index contributed by atoms with van der Waals surface area (Å²) in [6, 6.07) is 25.1. The Morgan fingerprint density at radius 3 is 2.10 bits per heavy atom. The van der Waals surface area contributed by atoms with Gasteiger partial charge in [0.1, 0.15) is 0 Å². The number of ether oxygens (including phenoxy) is 2. The molecule has 2 heterocycles. The van der Waals surface area contributed by atoms with E-state index in [1.807, 2.05) is 12.1 Å². The van der Waals surface area contributed by atoms with E-state index in [0.717, 1.165) is 90.0 Å². The fourth-order valence-corrected chi connectivity index (χ4v) is 10.6. The summed E-state index contributed by atoms with van der Waals surface area (Å²) in [6.07, 6.45) is 13.4.